The maximum absolute atomic E-state index is 12.1. The van der Waals surface area contributed by atoms with E-state index >= 15 is 0 Å². The molecule has 0 aliphatic carbocycles. The van der Waals surface area contributed by atoms with Crippen molar-refractivity contribution in [3.8, 4) is 0 Å². The Labute approximate surface area is 174 Å². The number of nitrogens with one attached hydrogen (secondary N) is 2. The second-order valence-corrected chi connectivity index (χ2v) is 9.14. The first-order chi connectivity index (χ1) is 13.1. The molecule has 0 aromatic carbocycles. The summed E-state index contributed by atoms with van der Waals surface area (Å²) >= 11 is 1.69. The molecule has 0 aliphatic rings. The summed E-state index contributed by atoms with van der Waals surface area (Å²) in [6, 6.07) is 0.0288. The van der Waals surface area contributed by atoms with E-state index in [9.17, 15) is 4.79 Å². The third-order valence-electron chi connectivity index (χ3n) is 4.19. The molecule has 7 nitrogen and oxygen atoms in total. The molecular formula is C20H37N5O2S. The first-order valence-electron chi connectivity index (χ1n) is 9.90. The Morgan fingerprint density at radius 2 is 2.07 bits per heavy atom. The summed E-state index contributed by atoms with van der Waals surface area (Å²) in [5, 5.41) is 9.58. The van der Waals surface area contributed by atoms with Crippen molar-refractivity contribution in [1.82, 2.24) is 20.5 Å². The van der Waals surface area contributed by atoms with E-state index in [1.54, 1.807) is 18.4 Å². The molecule has 2 N–H and O–H groups in total. The van der Waals surface area contributed by atoms with E-state index in [4.69, 9.17) is 4.74 Å². The first kappa shape index (κ1) is 24.2. The van der Waals surface area contributed by atoms with Crippen molar-refractivity contribution in [3.63, 3.8) is 0 Å². The molecule has 0 fully saturated rings. The van der Waals surface area contributed by atoms with E-state index in [0.29, 0.717) is 12.5 Å². The number of ether oxygens (including phenoxy) is 1. The second kappa shape index (κ2) is 11.2. The van der Waals surface area contributed by atoms with Crippen LogP contribution >= 0.6 is 11.3 Å². The number of thiazole rings is 1. The Morgan fingerprint density at radius 1 is 1.39 bits per heavy atom. The molecule has 1 aromatic heterocycles. The molecule has 1 atom stereocenters. The van der Waals surface area contributed by atoms with Gasteiger partial charge in [0.15, 0.2) is 5.96 Å². The molecule has 1 rings (SSSR count). The van der Waals surface area contributed by atoms with E-state index in [0.717, 1.165) is 36.0 Å². The van der Waals surface area contributed by atoms with Gasteiger partial charge in [0.2, 0.25) is 0 Å². The van der Waals surface area contributed by atoms with Gasteiger partial charge in [-0.1, -0.05) is 20.8 Å². The summed E-state index contributed by atoms with van der Waals surface area (Å²) in [7, 11) is 3.77. The Kier molecular flexibility index (Phi) is 9.72. The number of aryl methyl sites for hydroxylation is 1. The fraction of sp³-hybridized carbons (Fsp3) is 0.750. The topological polar surface area (TPSA) is 78.9 Å². The van der Waals surface area contributed by atoms with Crippen molar-refractivity contribution in [1.29, 1.82) is 0 Å². The number of rotatable bonds is 8. The van der Waals surface area contributed by atoms with Crippen LogP contribution in [0.25, 0.3) is 0 Å². The minimum absolute atomic E-state index is 0.0288. The van der Waals surface area contributed by atoms with Crippen LogP contribution in [0.1, 0.15) is 58.7 Å². The highest BCUT2D eigenvalue weighted by molar-refractivity contribution is 7.09. The number of aromatic nitrogens is 1. The van der Waals surface area contributed by atoms with Crippen molar-refractivity contribution >= 4 is 23.4 Å². The van der Waals surface area contributed by atoms with Crippen LogP contribution in [-0.2, 0) is 17.7 Å². The van der Waals surface area contributed by atoms with E-state index in [1.807, 2.05) is 27.8 Å². The number of nitrogens with zero attached hydrogens (tertiary/aromatic N) is 3. The van der Waals surface area contributed by atoms with E-state index in [-0.39, 0.29) is 12.1 Å². The lowest BCUT2D eigenvalue weighted by molar-refractivity contribution is 0.0486. The van der Waals surface area contributed by atoms with E-state index < -0.39 is 5.60 Å². The molecular weight excluding hydrogens is 374 g/mol. The van der Waals surface area contributed by atoms with Crippen LogP contribution in [0.5, 0.6) is 0 Å². The zero-order chi connectivity index (χ0) is 21.3. The Balaban J connectivity index is 2.54. The highest BCUT2D eigenvalue weighted by Crippen LogP contribution is 2.12. The Hall–Kier alpha value is -1.83. The quantitative estimate of drug-likeness (QED) is 0.504. The van der Waals surface area contributed by atoms with Crippen LogP contribution in [0.2, 0.25) is 0 Å². The number of alkyl carbamates (subject to hydrolysis) is 1. The van der Waals surface area contributed by atoms with Gasteiger partial charge in [-0.15, -0.1) is 11.3 Å². The lowest BCUT2D eigenvalue weighted by atomic mass is 10.0. The van der Waals surface area contributed by atoms with Gasteiger partial charge >= 0.3 is 6.09 Å². The van der Waals surface area contributed by atoms with Gasteiger partial charge in [0.05, 0.1) is 17.2 Å². The van der Waals surface area contributed by atoms with Crippen LogP contribution in [-0.4, -0.2) is 54.2 Å². The predicted molar refractivity (Wildman–Crippen MR) is 117 cm³/mol. The van der Waals surface area contributed by atoms with Crippen LogP contribution in [0.3, 0.4) is 0 Å². The average Bonchev–Trinajstić information content (AvgIpc) is 3.05. The van der Waals surface area contributed by atoms with Crippen molar-refractivity contribution in [2.24, 2.45) is 10.9 Å². The summed E-state index contributed by atoms with van der Waals surface area (Å²) in [6.07, 6.45) is 1.39. The molecule has 0 radical (unpaired) electrons. The van der Waals surface area contributed by atoms with Crippen molar-refractivity contribution in [2.75, 3.05) is 20.6 Å². The highest BCUT2D eigenvalue weighted by Gasteiger charge is 2.22. The molecule has 0 saturated heterocycles. The largest absolute Gasteiger partial charge is 0.444 e. The van der Waals surface area contributed by atoms with Crippen LogP contribution in [0.4, 0.5) is 4.79 Å². The maximum atomic E-state index is 12.1. The van der Waals surface area contributed by atoms with E-state index in [2.05, 4.69) is 51.7 Å². The summed E-state index contributed by atoms with van der Waals surface area (Å²) < 4.78 is 5.39. The normalized spacial score (nSPS) is 13.4. The summed E-state index contributed by atoms with van der Waals surface area (Å²) in [4.78, 5) is 23.1. The molecule has 1 unspecified atom stereocenters. The van der Waals surface area contributed by atoms with E-state index in [1.165, 1.54) is 0 Å². The maximum Gasteiger partial charge on any atom is 0.407 e. The molecule has 1 amide bonds. The highest BCUT2D eigenvalue weighted by atomic mass is 32.1. The lowest BCUT2D eigenvalue weighted by Gasteiger charge is -2.28. The van der Waals surface area contributed by atoms with Gasteiger partial charge in [-0.2, -0.15) is 0 Å². The van der Waals surface area contributed by atoms with Crippen molar-refractivity contribution in [3.05, 3.63) is 16.1 Å². The van der Waals surface area contributed by atoms with Gasteiger partial charge in [0.25, 0.3) is 0 Å². The number of hydrogen-bond donors (Lipinski definition) is 2. The molecule has 28 heavy (non-hydrogen) atoms. The van der Waals surface area contributed by atoms with Gasteiger partial charge in [-0.05, 0) is 39.5 Å². The zero-order valence-corrected chi connectivity index (χ0v) is 19.4. The zero-order valence-electron chi connectivity index (χ0n) is 18.6. The Bertz CT molecular complexity index is 637. The smallest absolute Gasteiger partial charge is 0.407 e. The van der Waals surface area contributed by atoms with Gasteiger partial charge in [0.1, 0.15) is 5.60 Å². The third-order valence-corrected chi connectivity index (χ3v) is 5.23. The van der Waals surface area contributed by atoms with Crippen LogP contribution in [0.15, 0.2) is 10.4 Å². The molecule has 8 heteroatoms. The molecule has 0 aliphatic heterocycles. The predicted octanol–water partition coefficient (Wildman–Crippen LogP) is 3.65. The minimum atomic E-state index is -0.498. The molecule has 1 heterocycles. The van der Waals surface area contributed by atoms with Gasteiger partial charge in [0, 0.05) is 32.1 Å². The Morgan fingerprint density at radius 3 is 2.57 bits per heavy atom. The monoisotopic (exact) mass is 411 g/mol. The number of hydrogen-bond acceptors (Lipinski definition) is 5. The van der Waals surface area contributed by atoms with Crippen molar-refractivity contribution in [2.45, 2.75) is 72.6 Å². The van der Waals surface area contributed by atoms with Crippen molar-refractivity contribution < 1.29 is 9.53 Å². The van der Waals surface area contributed by atoms with Crippen LogP contribution in [0, 0.1) is 5.92 Å². The molecule has 0 bridgehead atoms. The SMILES string of the molecule is CCc1nc(CNC(=NC)N(C)CCC(NC(=O)OC(C)(C)C)C(C)C)cs1. The van der Waals surface area contributed by atoms with Gasteiger partial charge < -0.3 is 20.3 Å². The summed E-state index contributed by atoms with van der Waals surface area (Å²) in [5.41, 5.74) is 0.532. The molecule has 160 valence electrons. The number of carbonyl (C=O) groups is 1. The molecule has 1 aromatic rings. The number of amides is 1. The average molecular weight is 412 g/mol. The third kappa shape index (κ3) is 8.91. The second-order valence-electron chi connectivity index (χ2n) is 8.19. The minimum Gasteiger partial charge on any atom is -0.444 e. The fourth-order valence-electron chi connectivity index (χ4n) is 2.62. The first-order valence-corrected chi connectivity index (χ1v) is 10.8. The van der Waals surface area contributed by atoms with Gasteiger partial charge in [-0.25, -0.2) is 9.78 Å². The number of aliphatic imine (C=N–C) groups is 1. The number of guanidine groups is 1. The summed E-state index contributed by atoms with van der Waals surface area (Å²) in [6.45, 7) is 13.3. The lowest BCUT2D eigenvalue weighted by Crippen LogP contribution is -2.45. The van der Waals surface area contributed by atoms with Gasteiger partial charge in [-0.3, -0.25) is 4.99 Å². The van der Waals surface area contributed by atoms with Crippen LogP contribution < -0.4 is 10.6 Å². The number of carbonyl (C=O) groups excluding carboxylic acids is 1. The molecule has 0 spiro atoms. The summed E-state index contributed by atoms with van der Waals surface area (Å²) in [5.74, 6) is 1.11. The fourth-order valence-corrected chi connectivity index (χ4v) is 3.36. The molecule has 0 saturated carbocycles. The standard InChI is InChI=1S/C20H37N5O2S/c1-9-17-23-15(13-28-17)12-22-18(21-7)25(8)11-10-16(14(2)3)24-19(26)27-20(4,5)6/h13-14,16H,9-12H2,1-8H3,(H,21,22)(H,24,26).